The first-order valence-corrected chi connectivity index (χ1v) is 7.79. The van der Waals surface area contributed by atoms with Gasteiger partial charge in [0.25, 0.3) is 0 Å². The Labute approximate surface area is 121 Å². The third-order valence-corrected chi connectivity index (χ3v) is 4.74. The molecule has 2 aliphatic rings. The molecule has 1 aromatic rings. The van der Waals surface area contributed by atoms with E-state index in [0.717, 1.165) is 19.4 Å². The van der Waals surface area contributed by atoms with Crippen molar-refractivity contribution in [2.24, 2.45) is 0 Å². The van der Waals surface area contributed by atoms with Crippen molar-refractivity contribution < 1.29 is 4.79 Å². The van der Waals surface area contributed by atoms with E-state index in [9.17, 15) is 4.79 Å². The molecular formula is C17H24N2O. The van der Waals surface area contributed by atoms with E-state index in [4.69, 9.17) is 0 Å². The van der Waals surface area contributed by atoms with E-state index >= 15 is 0 Å². The van der Waals surface area contributed by atoms with E-state index in [1.165, 1.54) is 24.8 Å². The normalized spacial score (nSPS) is 29.9. The molecule has 2 bridgehead atoms. The molecule has 3 rings (SSSR count). The second-order valence-corrected chi connectivity index (χ2v) is 6.27. The van der Waals surface area contributed by atoms with Crippen molar-refractivity contribution in [3.8, 4) is 0 Å². The van der Waals surface area contributed by atoms with Gasteiger partial charge in [0.1, 0.15) is 0 Å². The second-order valence-electron chi connectivity index (χ2n) is 6.27. The lowest BCUT2D eigenvalue weighted by Crippen LogP contribution is -2.56. The molecule has 2 heterocycles. The first kappa shape index (κ1) is 13.6. The van der Waals surface area contributed by atoms with Gasteiger partial charge in [-0.3, -0.25) is 9.69 Å². The van der Waals surface area contributed by atoms with Gasteiger partial charge >= 0.3 is 0 Å². The van der Waals surface area contributed by atoms with Crippen LogP contribution in [0.1, 0.15) is 44.6 Å². The lowest BCUT2D eigenvalue weighted by molar-refractivity contribution is -0.120. The van der Waals surface area contributed by atoms with Crippen LogP contribution in [0, 0.1) is 0 Å². The SMILES string of the molecule is CC(=O)NC1C[C@H]2CCC[C@H](C1)N2Cc1ccccc1. The fourth-order valence-electron chi connectivity index (χ4n) is 3.94. The van der Waals surface area contributed by atoms with Gasteiger partial charge in [0.15, 0.2) is 0 Å². The molecule has 108 valence electrons. The molecule has 2 fully saturated rings. The van der Waals surface area contributed by atoms with E-state index < -0.39 is 0 Å². The van der Waals surface area contributed by atoms with Crippen LogP contribution < -0.4 is 5.32 Å². The van der Waals surface area contributed by atoms with Gasteiger partial charge in [-0.05, 0) is 31.2 Å². The smallest absolute Gasteiger partial charge is 0.217 e. The molecule has 0 radical (unpaired) electrons. The molecule has 1 N–H and O–H groups in total. The minimum Gasteiger partial charge on any atom is -0.353 e. The highest BCUT2D eigenvalue weighted by Crippen LogP contribution is 2.35. The molecule has 2 saturated heterocycles. The van der Waals surface area contributed by atoms with Gasteiger partial charge in [-0.2, -0.15) is 0 Å². The maximum absolute atomic E-state index is 11.3. The first-order valence-electron chi connectivity index (χ1n) is 7.79. The van der Waals surface area contributed by atoms with Crippen molar-refractivity contribution in [1.82, 2.24) is 10.2 Å². The summed E-state index contributed by atoms with van der Waals surface area (Å²) in [7, 11) is 0. The fraction of sp³-hybridized carbons (Fsp3) is 0.588. The van der Waals surface area contributed by atoms with Crippen LogP contribution in [-0.4, -0.2) is 28.9 Å². The van der Waals surface area contributed by atoms with Gasteiger partial charge < -0.3 is 5.32 Å². The predicted octanol–water partition coefficient (Wildman–Crippen LogP) is 2.71. The van der Waals surface area contributed by atoms with Crippen LogP contribution in [0.15, 0.2) is 30.3 Å². The molecular weight excluding hydrogens is 248 g/mol. The third kappa shape index (κ3) is 3.04. The van der Waals surface area contributed by atoms with Gasteiger partial charge in [0, 0.05) is 31.6 Å². The zero-order valence-electron chi connectivity index (χ0n) is 12.2. The summed E-state index contributed by atoms with van der Waals surface area (Å²) in [5.74, 6) is 0.115. The van der Waals surface area contributed by atoms with Crippen LogP contribution in [0.3, 0.4) is 0 Å². The Morgan fingerprint density at radius 1 is 1.20 bits per heavy atom. The summed E-state index contributed by atoms with van der Waals surface area (Å²) >= 11 is 0. The highest BCUT2D eigenvalue weighted by Gasteiger charge is 2.38. The number of carbonyl (C=O) groups is 1. The Morgan fingerprint density at radius 3 is 2.45 bits per heavy atom. The van der Waals surface area contributed by atoms with E-state index in [2.05, 4.69) is 40.5 Å². The van der Waals surface area contributed by atoms with E-state index in [1.54, 1.807) is 6.92 Å². The van der Waals surface area contributed by atoms with Crippen molar-refractivity contribution in [1.29, 1.82) is 0 Å². The Morgan fingerprint density at radius 2 is 1.85 bits per heavy atom. The van der Waals surface area contributed by atoms with Crippen LogP contribution in [0.4, 0.5) is 0 Å². The zero-order chi connectivity index (χ0) is 13.9. The average Bonchev–Trinajstić information content (AvgIpc) is 2.40. The zero-order valence-corrected chi connectivity index (χ0v) is 12.2. The number of piperidine rings is 2. The molecule has 0 saturated carbocycles. The Hall–Kier alpha value is -1.35. The number of carbonyl (C=O) groups excluding carboxylic acids is 1. The maximum atomic E-state index is 11.3. The first-order chi connectivity index (χ1) is 9.72. The van der Waals surface area contributed by atoms with Crippen LogP contribution in [0.2, 0.25) is 0 Å². The van der Waals surface area contributed by atoms with E-state index in [0.29, 0.717) is 18.1 Å². The standard InChI is InChI=1S/C17H24N2O/c1-13(20)18-15-10-16-8-5-9-17(11-15)19(16)12-14-6-3-2-4-7-14/h2-4,6-7,15-17H,5,8-12H2,1H3,(H,18,20)/t16-,17-/m1/s1. The Kier molecular flexibility index (Phi) is 4.06. The van der Waals surface area contributed by atoms with Gasteiger partial charge in [0.05, 0.1) is 0 Å². The number of rotatable bonds is 3. The summed E-state index contributed by atoms with van der Waals surface area (Å²) in [6.07, 6.45) is 6.12. The number of nitrogens with zero attached hydrogens (tertiary/aromatic N) is 1. The number of fused-ring (bicyclic) bond motifs is 2. The van der Waals surface area contributed by atoms with Crippen molar-refractivity contribution >= 4 is 5.91 Å². The number of amides is 1. The highest BCUT2D eigenvalue weighted by atomic mass is 16.1. The average molecular weight is 272 g/mol. The summed E-state index contributed by atoms with van der Waals surface area (Å²) in [4.78, 5) is 14.0. The molecule has 0 aliphatic carbocycles. The highest BCUT2D eigenvalue weighted by molar-refractivity contribution is 5.73. The molecule has 3 heteroatoms. The minimum absolute atomic E-state index is 0.115. The quantitative estimate of drug-likeness (QED) is 0.917. The van der Waals surface area contributed by atoms with Gasteiger partial charge in [0.2, 0.25) is 5.91 Å². The third-order valence-electron chi connectivity index (χ3n) is 4.74. The van der Waals surface area contributed by atoms with Crippen molar-refractivity contribution in [2.75, 3.05) is 0 Å². The van der Waals surface area contributed by atoms with Crippen molar-refractivity contribution in [3.63, 3.8) is 0 Å². The fourth-order valence-corrected chi connectivity index (χ4v) is 3.94. The van der Waals surface area contributed by atoms with Gasteiger partial charge in [-0.15, -0.1) is 0 Å². The Bertz CT molecular complexity index is 445. The number of nitrogens with one attached hydrogen (secondary N) is 1. The Balaban J connectivity index is 1.69. The largest absolute Gasteiger partial charge is 0.353 e. The minimum atomic E-state index is 0.115. The molecule has 1 aromatic carbocycles. The molecule has 2 aliphatic heterocycles. The number of hydrogen-bond acceptors (Lipinski definition) is 2. The molecule has 1 amide bonds. The van der Waals surface area contributed by atoms with Crippen molar-refractivity contribution in [2.45, 2.75) is 63.7 Å². The van der Waals surface area contributed by atoms with Crippen LogP contribution in [0.5, 0.6) is 0 Å². The van der Waals surface area contributed by atoms with Gasteiger partial charge in [-0.25, -0.2) is 0 Å². The van der Waals surface area contributed by atoms with E-state index in [-0.39, 0.29) is 5.91 Å². The lowest BCUT2D eigenvalue weighted by atomic mass is 9.81. The summed E-state index contributed by atoms with van der Waals surface area (Å²) in [5, 5.41) is 3.13. The van der Waals surface area contributed by atoms with Crippen LogP contribution in [-0.2, 0) is 11.3 Å². The predicted molar refractivity (Wildman–Crippen MR) is 80.3 cm³/mol. The summed E-state index contributed by atoms with van der Waals surface area (Å²) in [5.41, 5.74) is 1.40. The topological polar surface area (TPSA) is 32.3 Å². The number of hydrogen-bond donors (Lipinski definition) is 1. The molecule has 2 atom stereocenters. The molecule has 20 heavy (non-hydrogen) atoms. The molecule has 0 aromatic heterocycles. The lowest BCUT2D eigenvalue weighted by Gasteiger charge is -2.49. The molecule has 0 spiro atoms. The van der Waals surface area contributed by atoms with E-state index in [1.807, 2.05) is 0 Å². The summed E-state index contributed by atoms with van der Waals surface area (Å²) in [6.45, 7) is 2.69. The monoisotopic (exact) mass is 272 g/mol. The van der Waals surface area contributed by atoms with Crippen molar-refractivity contribution in [3.05, 3.63) is 35.9 Å². The van der Waals surface area contributed by atoms with Crippen LogP contribution >= 0.6 is 0 Å². The molecule has 0 unspecified atom stereocenters. The maximum Gasteiger partial charge on any atom is 0.217 e. The number of benzene rings is 1. The second kappa shape index (κ2) is 5.96. The van der Waals surface area contributed by atoms with Crippen LogP contribution in [0.25, 0.3) is 0 Å². The van der Waals surface area contributed by atoms with Gasteiger partial charge in [-0.1, -0.05) is 36.8 Å². The summed E-state index contributed by atoms with van der Waals surface area (Å²) < 4.78 is 0. The summed E-state index contributed by atoms with van der Waals surface area (Å²) in [6, 6.07) is 12.4. The molecule has 3 nitrogen and oxygen atoms in total.